The molecule has 1 aromatic rings. The van der Waals surface area contributed by atoms with Gasteiger partial charge in [-0.3, -0.25) is 4.90 Å². The van der Waals surface area contributed by atoms with Crippen molar-refractivity contribution in [3.63, 3.8) is 0 Å². The lowest BCUT2D eigenvalue weighted by molar-refractivity contribution is 0.0648. The lowest BCUT2D eigenvalue weighted by atomic mass is 9.86. The number of nitrogens with zero attached hydrogens (tertiary/aromatic N) is 1. The van der Waals surface area contributed by atoms with Crippen LogP contribution in [0.4, 0.5) is 0 Å². The lowest BCUT2D eigenvalue weighted by Gasteiger charge is -2.46. The number of piperidine rings is 2. The van der Waals surface area contributed by atoms with E-state index in [1.165, 1.54) is 61.9 Å². The molecule has 2 aliphatic rings. The second-order valence-corrected chi connectivity index (χ2v) is 7.31. The van der Waals surface area contributed by atoms with Crippen LogP contribution in [0.2, 0.25) is 0 Å². The molecule has 0 aromatic heterocycles. The van der Waals surface area contributed by atoms with Crippen molar-refractivity contribution in [2.75, 3.05) is 26.2 Å². The predicted octanol–water partition coefficient (Wildman–Crippen LogP) is 4.03. The summed E-state index contributed by atoms with van der Waals surface area (Å²) in [6.07, 6.45) is 4.95. The van der Waals surface area contributed by atoms with E-state index in [9.17, 15) is 0 Å². The molecule has 1 N–H and O–H groups in total. The van der Waals surface area contributed by atoms with Crippen molar-refractivity contribution in [3.05, 3.63) is 41.5 Å². The molecule has 0 amide bonds. The van der Waals surface area contributed by atoms with Crippen LogP contribution in [0, 0.1) is 0 Å². The Labute approximate surface area is 136 Å². The number of rotatable bonds is 2. The third-order valence-electron chi connectivity index (χ3n) is 5.15. The molecule has 2 heterocycles. The van der Waals surface area contributed by atoms with Gasteiger partial charge in [0.05, 0.1) is 0 Å². The molecule has 1 aromatic carbocycles. The summed E-state index contributed by atoms with van der Waals surface area (Å²) < 4.78 is 1.32. The molecule has 3 rings (SSSR count). The number of nitrogens with one attached hydrogen (secondary N) is 1. The zero-order chi connectivity index (χ0) is 14.7. The summed E-state index contributed by atoms with van der Waals surface area (Å²) in [5.74, 6) is 0. The fourth-order valence-corrected chi connectivity index (χ4v) is 4.27. The molecule has 0 radical (unpaired) electrons. The Bertz CT molecular complexity index is 493. The first kappa shape index (κ1) is 15.3. The minimum Gasteiger partial charge on any atom is -0.317 e. The van der Waals surface area contributed by atoms with Crippen molar-refractivity contribution in [1.82, 2.24) is 10.2 Å². The van der Waals surface area contributed by atoms with Gasteiger partial charge in [0.2, 0.25) is 0 Å². The highest BCUT2D eigenvalue weighted by Crippen LogP contribution is 2.35. The van der Waals surface area contributed by atoms with E-state index in [0.717, 1.165) is 0 Å². The largest absolute Gasteiger partial charge is 0.317 e. The van der Waals surface area contributed by atoms with Gasteiger partial charge in [0.1, 0.15) is 0 Å². The summed E-state index contributed by atoms with van der Waals surface area (Å²) >= 11 is 3.83. The first-order valence-corrected chi connectivity index (χ1v) is 8.87. The third-order valence-corrected chi connectivity index (χ3v) is 6.17. The van der Waals surface area contributed by atoms with Gasteiger partial charge in [0, 0.05) is 23.1 Å². The molecule has 2 saturated heterocycles. The average molecular weight is 349 g/mol. The van der Waals surface area contributed by atoms with Gasteiger partial charge in [-0.25, -0.2) is 0 Å². The zero-order valence-corrected chi connectivity index (χ0v) is 14.5. The quantitative estimate of drug-likeness (QED) is 0.867. The van der Waals surface area contributed by atoms with E-state index in [1.54, 1.807) is 5.57 Å². The van der Waals surface area contributed by atoms with Crippen molar-refractivity contribution in [2.45, 2.75) is 38.1 Å². The van der Waals surface area contributed by atoms with Crippen molar-refractivity contribution < 1.29 is 0 Å². The Morgan fingerprint density at radius 1 is 1.10 bits per heavy atom. The number of hydrogen-bond donors (Lipinski definition) is 1. The Morgan fingerprint density at radius 3 is 2.33 bits per heavy atom. The summed E-state index contributed by atoms with van der Waals surface area (Å²) in [6, 6.07) is 10.7. The Morgan fingerprint density at radius 2 is 1.71 bits per heavy atom. The molecular weight excluding hydrogens is 324 g/mol. The summed E-state index contributed by atoms with van der Waals surface area (Å²) in [7, 11) is 0. The third kappa shape index (κ3) is 3.41. The highest BCUT2D eigenvalue weighted by molar-refractivity contribution is 9.15. The summed E-state index contributed by atoms with van der Waals surface area (Å²) in [6.45, 7) is 7.20. The molecule has 21 heavy (non-hydrogen) atoms. The highest BCUT2D eigenvalue weighted by Gasteiger charge is 2.34. The molecule has 0 aliphatic carbocycles. The smallest absolute Gasteiger partial charge is 0.0240 e. The van der Waals surface area contributed by atoms with Crippen LogP contribution in [-0.2, 0) is 0 Å². The number of halogens is 1. The van der Waals surface area contributed by atoms with Gasteiger partial charge in [-0.15, -0.1) is 0 Å². The number of hydrogen-bond acceptors (Lipinski definition) is 2. The van der Waals surface area contributed by atoms with Crippen LogP contribution >= 0.6 is 15.9 Å². The SMILES string of the molecule is CC1(N2CCC(=C(Br)c3ccccc3)CC2)CCNCC1. The van der Waals surface area contributed by atoms with Gasteiger partial charge in [-0.05, 0) is 51.3 Å². The Kier molecular flexibility index (Phi) is 4.82. The van der Waals surface area contributed by atoms with E-state index >= 15 is 0 Å². The van der Waals surface area contributed by atoms with Gasteiger partial charge >= 0.3 is 0 Å². The minimum absolute atomic E-state index is 0.413. The van der Waals surface area contributed by atoms with Crippen LogP contribution in [0.15, 0.2) is 35.9 Å². The summed E-state index contributed by atoms with van der Waals surface area (Å²) in [4.78, 5) is 2.72. The number of benzene rings is 1. The van der Waals surface area contributed by atoms with Gasteiger partial charge in [0.15, 0.2) is 0 Å². The maximum absolute atomic E-state index is 3.83. The van der Waals surface area contributed by atoms with E-state index in [2.05, 4.69) is 63.4 Å². The van der Waals surface area contributed by atoms with E-state index in [4.69, 9.17) is 0 Å². The molecule has 0 atom stereocenters. The van der Waals surface area contributed by atoms with E-state index < -0.39 is 0 Å². The maximum Gasteiger partial charge on any atom is 0.0240 e. The van der Waals surface area contributed by atoms with Crippen molar-refractivity contribution in [3.8, 4) is 0 Å². The minimum atomic E-state index is 0.413. The standard InChI is InChI=1S/C18H25BrN2/c1-18(9-11-20-12-10-18)21-13-7-16(8-14-21)17(19)15-5-3-2-4-6-15/h2-6,20H,7-14H2,1H3. The van der Waals surface area contributed by atoms with E-state index in [-0.39, 0.29) is 0 Å². The Balaban J connectivity index is 1.67. The molecule has 0 spiro atoms. The average Bonchev–Trinajstić information content (AvgIpc) is 2.56. The van der Waals surface area contributed by atoms with E-state index in [0.29, 0.717) is 5.54 Å². The molecule has 0 bridgehead atoms. The molecule has 2 nitrogen and oxygen atoms in total. The molecule has 2 fully saturated rings. The van der Waals surface area contributed by atoms with Gasteiger partial charge < -0.3 is 5.32 Å². The number of likely N-dealkylation sites (tertiary alicyclic amines) is 1. The first-order valence-electron chi connectivity index (χ1n) is 8.08. The molecule has 114 valence electrons. The second kappa shape index (κ2) is 6.64. The van der Waals surface area contributed by atoms with Crippen LogP contribution < -0.4 is 5.32 Å². The van der Waals surface area contributed by atoms with Crippen LogP contribution in [0.5, 0.6) is 0 Å². The maximum atomic E-state index is 3.83. The summed E-state index contributed by atoms with van der Waals surface area (Å²) in [5.41, 5.74) is 3.31. The topological polar surface area (TPSA) is 15.3 Å². The van der Waals surface area contributed by atoms with Crippen LogP contribution in [0.25, 0.3) is 4.48 Å². The van der Waals surface area contributed by atoms with Crippen LogP contribution in [-0.4, -0.2) is 36.6 Å². The Hall–Kier alpha value is -0.640. The highest BCUT2D eigenvalue weighted by atomic mass is 79.9. The van der Waals surface area contributed by atoms with Crippen molar-refractivity contribution >= 4 is 20.4 Å². The second-order valence-electron chi connectivity index (χ2n) is 6.52. The van der Waals surface area contributed by atoms with E-state index in [1.807, 2.05) is 0 Å². The van der Waals surface area contributed by atoms with Crippen LogP contribution in [0.3, 0.4) is 0 Å². The van der Waals surface area contributed by atoms with Crippen molar-refractivity contribution in [1.29, 1.82) is 0 Å². The fraction of sp³-hybridized carbons (Fsp3) is 0.556. The first-order chi connectivity index (χ1) is 10.2. The summed E-state index contributed by atoms with van der Waals surface area (Å²) in [5, 5.41) is 3.48. The van der Waals surface area contributed by atoms with Gasteiger partial charge in [-0.1, -0.05) is 51.8 Å². The van der Waals surface area contributed by atoms with Gasteiger partial charge in [-0.2, -0.15) is 0 Å². The monoisotopic (exact) mass is 348 g/mol. The molecular formula is C18H25BrN2. The molecule has 0 saturated carbocycles. The molecule has 3 heteroatoms. The molecule has 2 aliphatic heterocycles. The van der Waals surface area contributed by atoms with Crippen LogP contribution in [0.1, 0.15) is 38.2 Å². The molecule has 0 unspecified atom stereocenters. The normalized spacial score (nSPS) is 23.0. The lowest BCUT2D eigenvalue weighted by Crippen LogP contribution is -2.54. The predicted molar refractivity (Wildman–Crippen MR) is 93.6 cm³/mol. The zero-order valence-electron chi connectivity index (χ0n) is 12.9. The van der Waals surface area contributed by atoms with Gasteiger partial charge in [0.25, 0.3) is 0 Å². The fourth-order valence-electron chi connectivity index (χ4n) is 3.61. The van der Waals surface area contributed by atoms with Crippen molar-refractivity contribution in [2.24, 2.45) is 0 Å².